The number of fused-ring (bicyclic) bond motifs is 1. The van der Waals surface area contributed by atoms with Gasteiger partial charge in [-0.05, 0) is 36.8 Å². The lowest BCUT2D eigenvalue weighted by Gasteiger charge is -2.40. The molecule has 5 rings (SSSR count). The second-order valence-corrected chi connectivity index (χ2v) is 10.2. The summed E-state index contributed by atoms with van der Waals surface area (Å²) in [6.07, 6.45) is 1.68. The van der Waals surface area contributed by atoms with Crippen LogP contribution in [0.15, 0.2) is 59.5 Å². The highest BCUT2D eigenvalue weighted by molar-refractivity contribution is 6.30. The molecular weight excluding hydrogens is 513 g/mol. The Morgan fingerprint density at radius 1 is 1.16 bits per heavy atom. The molecule has 0 bridgehead atoms. The Labute approximate surface area is 223 Å². The summed E-state index contributed by atoms with van der Waals surface area (Å²) in [7, 11) is 0. The molecule has 1 unspecified atom stereocenters. The first-order chi connectivity index (χ1) is 18.1. The Bertz CT molecular complexity index is 1490. The molecule has 198 valence electrons. The van der Waals surface area contributed by atoms with E-state index in [9.17, 15) is 19.5 Å². The number of carbonyl (C=O) groups is 2. The van der Waals surface area contributed by atoms with E-state index >= 15 is 4.39 Å². The van der Waals surface area contributed by atoms with Gasteiger partial charge in [0.05, 0.1) is 11.2 Å². The number of hydrogen-bond donors (Lipinski definition) is 1. The average Bonchev–Trinajstić information content (AvgIpc) is 3.18. The van der Waals surface area contributed by atoms with Gasteiger partial charge in [0.1, 0.15) is 11.4 Å². The molecule has 2 saturated heterocycles. The Balaban J connectivity index is 1.39. The lowest BCUT2D eigenvalue weighted by molar-refractivity contribution is -0.149. The van der Waals surface area contributed by atoms with Crippen molar-refractivity contribution in [1.29, 1.82) is 0 Å². The molecule has 0 saturated carbocycles. The number of halogens is 2. The molecule has 3 aromatic rings. The fraction of sp³-hybridized carbons (Fsp3) is 0.321. The third-order valence-corrected chi connectivity index (χ3v) is 7.61. The number of anilines is 1. The number of pyridine rings is 1. The number of ether oxygens (including phenoxy) is 1. The number of aromatic carboxylic acids is 1. The highest BCUT2D eigenvalue weighted by Gasteiger charge is 2.46. The molecule has 3 heterocycles. The van der Waals surface area contributed by atoms with Gasteiger partial charge in [0.2, 0.25) is 5.43 Å². The van der Waals surface area contributed by atoms with Crippen molar-refractivity contribution in [2.24, 2.45) is 0 Å². The molecule has 10 heteroatoms. The predicted molar refractivity (Wildman–Crippen MR) is 142 cm³/mol. The largest absolute Gasteiger partial charge is 0.477 e. The molecule has 2 aromatic carbocycles. The number of carboxylic acid groups (broad SMARTS) is 1. The molecule has 2 aliphatic rings. The van der Waals surface area contributed by atoms with Crippen LogP contribution in [0.1, 0.15) is 29.3 Å². The van der Waals surface area contributed by atoms with Crippen molar-refractivity contribution < 1.29 is 23.8 Å². The number of rotatable bonds is 6. The minimum atomic E-state index is -1.34. The molecule has 0 spiro atoms. The summed E-state index contributed by atoms with van der Waals surface area (Å²) in [5.41, 5.74) is 0.153. The van der Waals surface area contributed by atoms with Crippen molar-refractivity contribution in [3.05, 3.63) is 86.9 Å². The van der Waals surface area contributed by atoms with E-state index in [-0.39, 0.29) is 10.9 Å². The highest BCUT2D eigenvalue weighted by atomic mass is 35.5. The van der Waals surface area contributed by atoms with Gasteiger partial charge in [-0.25, -0.2) is 14.0 Å². The van der Waals surface area contributed by atoms with E-state index in [2.05, 4.69) is 11.5 Å². The minimum Gasteiger partial charge on any atom is -0.477 e. The van der Waals surface area contributed by atoms with Gasteiger partial charge in [-0.1, -0.05) is 30.3 Å². The first kappa shape index (κ1) is 25.9. The van der Waals surface area contributed by atoms with Crippen LogP contribution in [0.2, 0.25) is 5.02 Å². The highest BCUT2D eigenvalue weighted by Crippen LogP contribution is 2.40. The molecule has 2 fully saturated rings. The zero-order chi connectivity index (χ0) is 27.2. The summed E-state index contributed by atoms with van der Waals surface area (Å²) < 4.78 is 22.8. The Hall–Kier alpha value is -3.69. The molecule has 1 atom stereocenters. The van der Waals surface area contributed by atoms with E-state index in [0.29, 0.717) is 67.5 Å². The average molecular weight is 540 g/mol. The number of hydrogen-bond acceptors (Lipinski definition) is 6. The van der Waals surface area contributed by atoms with Gasteiger partial charge in [-0.2, -0.15) is 0 Å². The van der Waals surface area contributed by atoms with Crippen LogP contribution in [-0.4, -0.2) is 59.2 Å². The van der Waals surface area contributed by atoms with Crippen LogP contribution in [0.25, 0.3) is 10.9 Å². The van der Waals surface area contributed by atoms with Gasteiger partial charge >= 0.3 is 11.9 Å². The minimum absolute atomic E-state index is 0.0415. The second kappa shape index (κ2) is 9.89. The maximum atomic E-state index is 15.2. The zero-order valence-electron chi connectivity index (χ0n) is 20.9. The van der Waals surface area contributed by atoms with Crippen LogP contribution in [0.5, 0.6) is 0 Å². The van der Waals surface area contributed by atoms with Gasteiger partial charge in [0, 0.05) is 67.9 Å². The van der Waals surface area contributed by atoms with Crippen LogP contribution in [-0.2, 0) is 21.7 Å². The molecule has 1 aromatic heterocycles. The van der Waals surface area contributed by atoms with E-state index in [1.807, 2.05) is 24.0 Å². The summed E-state index contributed by atoms with van der Waals surface area (Å²) >= 11 is 6.07. The van der Waals surface area contributed by atoms with Crippen molar-refractivity contribution >= 4 is 40.1 Å². The van der Waals surface area contributed by atoms with Crippen LogP contribution in [0.4, 0.5) is 10.1 Å². The molecule has 0 amide bonds. The van der Waals surface area contributed by atoms with Crippen LogP contribution >= 0.6 is 11.6 Å². The van der Waals surface area contributed by atoms with Crippen LogP contribution < -0.4 is 10.3 Å². The first-order valence-corrected chi connectivity index (χ1v) is 12.7. The maximum Gasteiger partial charge on any atom is 0.341 e. The van der Waals surface area contributed by atoms with Gasteiger partial charge in [-0.15, -0.1) is 0 Å². The van der Waals surface area contributed by atoms with Crippen molar-refractivity contribution in [3.8, 4) is 0 Å². The van der Waals surface area contributed by atoms with E-state index in [1.54, 1.807) is 22.8 Å². The summed E-state index contributed by atoms with van der Waals surface area (Å²) in [6, 6.07) is 10.0. The molecule has 1 N–H and O–H groups in total. The second-order valence-electron chi connectivity index (χ2n) is 9.72. The fourth-order valence-electron chi connectivity index (χ4n) is 5.36. The summed E-state index contributed by atoms with van der Waals surface area (Å²) in [5, 5.41) is 10.0. The van der Waals surface area contributed by atoms with Crippen molar-refractivity contribution in [2.75, 3.05) is 37.6 Å². The number of carboxylic acids is 1. The van der Waals surface area contributed by atoms with Gasteiger partial charge in [0.25, 0.3) is 0 Å². The van der Waals surface area contributed by atoms with Crippen LogP contribution in [0.3, 0.4) is 0 Å². The number of piperazine rings is 1. The maximum absolute atomic E-state index is 15.2. The SMILES string of the molecule is C=C1CC(CN2CCN(c3cc4c(cc3F)c(=O)c(C(=O)O)cn4CC)CC2)(c2ccc(Cl)cc2)OC1=O. The number of aryl methyl sites for hydroxylation is 1. The van der Waals surface area contributed by atoms with E-state index in [1.165, 1.54) is 6.20 Å². The monoisotopic (exact) mass is 539 g/mol. The van der Waals surface area contributed by atoms with Gasteiger partial charge < -0.3 is 19.3 Å². The third kappa shape index (κ3) is 4.56. The quantitative estimate of drug-likeness (QED) is 0.373. The number of nitrogens with zero attached hydrogens (tertiary/aromatic N) is 3. The Morgan fingerprint density at radius 2 is 1.84 bits per heavy atom. The third-order valence-electron chi connectivity index (χ3n) is 7.36. The molecular formula is C28H27ClFN3O5. The molecule has 0 radical (unpaired) electrons. The van der Waals surface area contributed by atoms with Crippen molar-refractivity contribution in [2.45, 2.75) is 25.5 Å². The number of cyclic esters (lactones) is 1. The molecule has 0 aliphatic carbocycles. The normalized spacial score (nSPS) is 20.2. The predicted octanol–water partition coefficient (Wildman–Crippen LogP) is 4.03. The standard InChI is InChI=1S/C28H27ClFN3O5/c1-3-32-15-21(26(35)36)25(34)20-12-22(30)24(13-23(20)32)33-10-8-31(9-11-33)16-28(14-17(2)27(37)38-28)18-4-6-19(29)7-5-18/h4-7,12-13,15H,2-3,8-11,14,16H2,1H3,(H,35,36). The van der Waals surface area contributed by atoms with E-state index in [0.717, 1.165) is 11.6 Å². The first-order valence-electron chi connectivity index (χ1n) is 12.4. The number of benzene rings is 2. The summed E-state index contributed by atoms with van der Waals surface area (Å²) in [4.78, 5) is 40.6. The number of carbonyl (C=O) groups excluding carboxylic acids is 1. The fourth-order valence-corrected chi connectivity index (χ4v) is 5.49. The van der Waals surface area contributed by atoms with Gasteiger partial charge in [-0.3, -0.25) is 9.69 Å². The lowest BCUT2D eigenvalue weighted by Crippen LogP contribution is -2.51. The van der Waals surface area contributed by atoms with Crippen molar-refractivity contribution in [3.63, 3.8) is 0 Å². The topological polar surface area (TPSA) is 92.1 Å². The summed E-state index contributed by atoms with van der Waals surface area (Å²) in [6.45, 7) is 8.78. The van der Waals surface area contributed by atoms with Gasteiger partial charge in [0.15, 0.2) is 5.60 Å². The molecule has 38 heavy (non-hydrogen) atoms. The smallest absolute Gasteiger partial charge is 0.341 e. The van der Waals surface area contributed by atoms with Crippen molar-refractivity contribution in [1.82, 2.24) is 9.47 Å². The van der Waals surface area contributed by atoms with E-state index in [4.69, 9.17) is 16.3 Å². The van der Waals surface area contributed by atoms with E-state index < -0.39 is 28.8 Å². The Morgan fingerprint density at radius 3 is 2.42 bits per heavy atom. The summed E-state index contributed by atoms with van der Waals surface area (Å²) in [5.74, 6) is -2.33. The zero-order valence-corrected chi connectivity index (χ0v) is 21.6. The lowest BCUT2D eigenvalue weighted by atomic mass is 9.88. The number of aromatic nitrogens is 1. The van der Waals surface area contributed by atoms with Crippen LogP contribution in [0, 0.1) is 5.82 Å². The molecule has 8 nitrogen and oxygen atoms in total. The molecule has 2 aliphatic heterocycles. The number of esters is 1. The Kier molecular flexibility index (Phi) is 6.75.